The van der Waals surface area contributed by atoms with Crippen molar-refractivity contribution in [1.82, 2.24) is 15.5 Å². The van der Waals surface area contributed by atoms with Gasteiger partial charge in [0.05, 0.1) is 6.61 Å². The Labute approximate surface area is 92.2 Å². The lowest BCUT2D eigenvalue weighted by atomic mass is 10.4. The van der Waals surface area contributed by atoms with Gasteiger partial charge in [-0.05, 0) is 0 Å². The number of urea groups is 1. The second kappa shape index (κ2) is 8.49. The number of likely N-dealkylation sites (N-methyl/N-ethyl adjacent to an activating group) is 1. The van der Waals surface area contributed by atoms with Crippen molar-refractivity contribution in [3.63, 3.8) is 0 Å². The third-order valence-electron chi connectivity index (χ3n) is 1.93. The van der Waals surface area contributed by atoms with Gasteiger partial charge in [0, 0.05) is 39.8 Å². The molecule has 0 saturated heterocycles. The summed E-state index contributed by atoms with van der Waals surface area (Å²) in [6.45, 7) is 6.78. The molecule has 15 heavy (non-hydrogen) atoms. The van der Waals surface area contributed by atoms with Crippen LogP contribution in [0.2, 0.25) is 0 Å². The molecular weight excluding hydrogens is 194 g/mol. The first-order valence-electron chi connectivity index (χ1n) is 5.29. The Morgan fingerprint density at radius 2 is 2.07 bits per heavy atom. The molecule has 0 radical (unpaired) electrons. The van der Waals surface area contributed by atoms with E-state index in [0.29, 0.717) is 25.7 Å². The quantitative estimate of drug-likeness (QED) is 0.602. The summed E-state index contributed by atoms with van der Waals surface area (Å²) >= 11 is 0. The molecular formula is C10H23N3O2. The average Bonchev–Trinajstić information content (AvgIpc) is 2.17. The zero-order valence-electron chi connectivity index (χ0n) is 10.2. The number of ether oxygens (including phenoxy) is 1. The second-order valence-electron chi connectivity index (χ2n) is 3.76. The Hall–Kier alpha value is -0.810. The van der Waals surface area contributed by atoms with Gasteiger partial charge in [-0.1, -0.05) is 13.8 Å². The van der Waals surface area contributed by atoms with Crippen molar-refractivity contribution in [2.75, 3.05) is 40.4 Å². The van der Waals surface area contributed by atoms with Crippen LogP contribution in [0.3, 0.4) is 0 Å². The average molecular weight is 217 g/mol. The number of hydrogen-bond donors (Lipinski definition) is 2. The van der Waals surface area contributed by atoms with Crippen molar-refractivity contribution in [3.05, 3.63) is 0 Å². The van der Waals surface area contributed by atoms with E-state index in [1.807, 2.05) is 0 Å². The third kappa shape index (κ3) is 8.20. The number of methoxy groups -OCH3 is 1. The summed E-state index contributed by atoms with van der Waals surface area (Å²) in [6, 6.07) is 0.396. The zero-order valence-corrected chi connectivity index (χ0v) is 10.2. The molecule has 0 aliphatic heterocycles. The van der Waals surface area contributed by atoms with Crippen LogP contribution >= 0.6 is 0 Å². The van der Waals surface area contributed by atoms with E-state index >= 15 is 0 Å². The molecule has 0 aromatic heterocycles. The van der Waals surface area contributed by atoms with E-state index in [4.69, 9.17) is 4.74 Å². The summed E-state index contributed by atoms with van der Waals surface area (Å²) in [4.78, 5) is 13.1. The van der Waals surface area contributed by atoms with Crippen LogP contribution in [0, 0.1) is 0 Å². The van der Waals surface area contributed by atoms with Gasteiger partial charge in [0.15, 0.2) is 0 Å². The Kier molecular flexibility index (Phi) is 8.04. The minimum atomic E-state index is -0.0578. The van der Waals surface area contributed by atoms with E-state index in [1.165, 1.54) is 0 Å². The monoisotopic (exact) mass is 217 g/mol. The van der Waals surface area contributed by atoms with Crippen LogP contribution in [0.1, 0.15) is 13.8 Å². The molecule has 0 heterocycles. The summed E-state index contributed by atoms with van der Waals surface area (Å²) in [7, 11) is 3.40. The maximum Gasteiger partial charge on any atom is 0.317 e. The van der Waals surface area contributed by atoms with Crippen molar-refractivity contribution in [1.29, 1.82) is 0 Å². The van der Waals surface area contributed by atoms with Gasteiger partial charge in [0.1, 0.15) is 0 Å². The Morgan fingerprint density at radius 1 is 1.40 bits per heavy atom. The van der Waals surface area contributed by atoms with Gasteiger partial charge < -0.3 is 20.3 Å². The van der Waals surface area contributed by atoms with Crippen LogP contribution in [-0.4, -0.2) is 57.4 Å². The first-order valence-corrected chi connectivity index (χ1v) is 5.29. The molecule has 5 nitrogen and oxygen atoms in total. The standard InChI is InChI=1S/C10H23N3O2/c1-9(2)11-5-7-13(3)10(14)12-6-8-15-4/h9,11H,5-8H2,1-4H3,(H,12,14). The third-order valence-corrected chi connectivity index (χ3v) is 1.93. The van der Waals surface area contributed by atoms with E-state index < -0.39 is 0 Å². The maximum atomic E-state index is 11.4. The highest BCUT2D eigenvalue weighted by molar-refractivity contribution is 5.73. The van der Waals surface area contributed by atoms with Crippen molar-refractivity contribution in [2.24, 2.45) is 0 Å². The molecule has 90 valence electrons. The van der Waals surface area contributed by atoms with E-state index in [2.05, 4.69) is 24.5 Å². The summed E-state index contributed by atoms with van der Waals surface area (Å²) in [5.41, 5.74) is 0. The SMILES string of the molecule is COCCNC(=O)N(C)CCNC(C)C. The molecule has 0 rings (SSSR count). The molecule has 0 aromatic rings. The fraction of sp³-hybridized carbons (Fsp3) is 0.900. The summed E-state index contributed by atoms with van der Waals surface area (Å²) in [5, 5.41) is 6.01. The molecule has 0 aliphatic carbocycles. The van der Waals surface area contributed by atoms with Crippen molar-refractivity contribution >= 4 is 6.03 Å². The molecule has 2 N–H and O–H groups in total. The summed E-state index contributed by atoms with van der Waals surface area (Å²) in [5.74, 6) is 0. The largest absolute Gasteiger partial charge is 0.383 e. The van der Waals surface area contributed by atoms with Gasteiger partial charge in [0.2, 0.25) is 0 Å². The van der Waals surface area contributed by atoms with Crippen LogP contribution in [0.15, 0.2) is 0 Å². The Morgan fingerprint density at radius 3 is 2.60 bits per heavy atom. The molecule has 0 saturated carbocycles. The van der Waals surface area contributed by atoms with Crippen LogP contribution in [0.4, 0.5) is 4.79 Å². The highest BCUT2D eigenvalue weighted by atomic mass is 16.5. The molecule has 5 heteroatoms. The predicted octanol–water partition coefficient (Wildman–Crippen LogP) is 0.272. The maximum absolute atomic E-state index is 11.4. The number of hydrogen-bond acceptors (Lipinski definition) is 3. The van der Waals surface area contributed by atoms with E-state index in [1.54, 1.807) is 19.1 Å². The van der Waals surface area contributed by atoms with E-state index in [0.717, 1.165) is 6.54 Å². The predicted molar refractivity (Wildman–Crippen MR) is 61.0 cm³/mol. The first kappa shape index (κ1) is 14.2. The van der Waals surface area contributed by atoms with Crippen molar-refractivity contribution in [2.45, 2.75) is 19.9 Å². The van der Waals surface area contributed by atoms with Crippen molar-refractivity contribution < 1.29 is 9.53 Å². The highest BCUT2D eigenvalue weighted by Gasteiger charge is 2.06. The zero-order chi connectivity index (χ0) is 11.7. The first-order chi connectivity index (χ1) is 7.07. The molecule has 0 fully saturated rings. The van der Waals surface area contributed by atoms with Gasteiger partial charge in [0.25, 0.3) is 0 Å². The van der Waals surface area contributed by atoms with Gasteiger partial charge in [-0.15, -0.1) is 0 Å². The van der Waals surface area contributed by atoms with Gasteiger partial charge in [-0.3, -0.25) is 0 Å². The number of carbonyl (C=O) groups is 1. The summed E-state index contributed by atoms with van der Waals surface area (Å²) in [6.07, 6.45) is 0. The molecule has 2 amide bonds. The molecule has 0 atom stereocenters. The smallest absolute Gasteiger partial charge is 0.317 e. The summed E-state index contributed by atoms with van der Waals surface area (Å²) < 4.78 is 4.84. The topological polar surface area (TPSA) is 53.6 Å². The molecule has 0 aromatic carbocycles. The number of nitrogens with zero attached hydrogens (tertiary/aromatic N) is 1. The lowest BCUT2D eigenvalue weighted by Crippen LogP contribution is -2.42. The van der Waals surface area contributed by atoms with Gasteiger partial charge >= 0.3 is 6.03 Å². The minimum absolute atomic E-state index is 0.0578. The lowest BCUT2D eigenvalue weighted by Gasteiger charge is -2.18. The second-order valence-corrected chi connectivity index (χ2v) is 3.76. The molecule has 0 spiro atoms. The van der Waals surface area contributed by atoms with E-state index in [-0.39, 0.29) is 6.03 Å². The normalized spacial score (nSPS) is 10.5. The highest BCUT2D eigenvalue weighted by Crippen LogP contribution is 1.84. The lowest BCUT2D eigenvalue weighted by molar-refractivity contribution is 0.185. The molecule has 0 unspecified atom stereocenters. The number of nitrogens with one attached hydrogen (secondary N) is 2. The van der Waals surface area contributed by atoms with Crippen LogP contribution in [0.25, 0.3) is 0 Å². The fourth-order valence-electron chi connectivity index (χ4n) is 1.02. The van der Waals surface area contributed by atoms with Gasteiger partial charge in [-0.2, -0.15) is 0 Å². The van der Waals surface area contributed by atoms with Crippen molar-refractivity contribution in [3.8, 4) is 0 Å². The van der Waals surface area contributed by atoms with Crippen LogP contribution < -0.4 is 10.6 Å². The Balaban J connectivity index is 3.51. The van der Waals surface area contributed by atoms with Crippen LogP contribution in [-0.2, 0) is 4.74 Å². The number of rotatable bonds is 7. The molecule has 0 aliphatic rings. The number of amides is 2. The number of carbonyl (C=O) groups excluding carboxylic acids is 1. The van der Waals surface area contributed by atoms with Gasteiger partial charge in [-0.25, -0.2) is 4.79 Å². The Bertz CT molecular complexity index is 174. The van der Waals surface area contributed by atoms with E-state index in [9.17, 15) is 4.79 Å². The minimum Gasteiger partial charge on any atom is -0.383 e. The fourth-order valence-corrected chi connectivity index (χ4v) is 1.02. The van der Waals surface area contributed by atoms with Crippen LogP contribution in [0.5, 0.6) is 0 Å². The molecule has 0 bridgehead atoms.